The lowest BCUT2D eigenvalue weighted by Crippen LogP contribution is -3.00. The van der Waals surface area contributed by atoms with Gasteiger partial charge in [0.25, 0.3) is 5.91 Å². The molecule has 4 heterocycles. The zero-order chi connectivity index (χ0) is 25.6. The predicted octanol–water partition coefficient (Wildman–Crippen LogP) is 1.41. The zero-order valence-corrected chi connectivity index (χ0v) is 20.3. The van der Waals surface area contributed by atoms with Crippen molar-refractivity contribution in [3.8, 4) is 5.75 Å². The van der Waals surface area contributed by atoms with Crippen LogP contribution in [0.15, 0.2) is 77.7 Å². The highest BCUT2D eigenvalue weighted by molar-refractivity contribution is 6.44. The van der Waals surface area contributed by atoms with Gasteiger partial charge in [-0.1, -0.05) is 23.3 Å². The fraction of sp³-hybridized carbons (Fsp3) is 0.154. The number of hydrogen-bond acceptors (Lipinski definition) is 3. The fourth-order valence-electron chi connectivity index (χ4n) is 4.25. The molecule has 38 heavy (non-hydrogen) atoms. The molecule has 1 aromatic carbocycles. The number of carbonyl (C=O) groups is 1. The summed E-state index contributed by atoms with van der Waals surface area (Å²) in [6.45, 7) is 0.656. The van der Waals surface area contributed by atoms with Crippen LogP contribution in [0.5, 0.6) is 5.75 Å². The van der Waals surface area contributed by atoms with Gasteiger partial charge in [0.1, 0.15) is 11.4 Å². The molecule has 0 saturated carbocycles. The standard InChI is InChI=1S/C26H23BFN7O2.FH/c28-27-34-20(8-9-21(34)17-22-10-13-25(35(22)27)24-3-1-14-30-24)7-4-19-5-11-23(12-6-19)37-18-26(36)31-15-2-16-32-33-29;/h1,3-14,17H,2,15-16,18H2,(H,31,36);1H/b7-4+;. The van der Waals surface area contributed by atoms with Gasteiger partial charge in [-0.15, -0.1) is 0 Å². The molecule has 0 atom stereocenters. The number of allylic oxidation sites excluding steroid dienone is 2. The van der Waals surface area contributed by atoms with Crippen LogP contribution >= 0.6 is 0 Å². The minimum absolute atomic E-state index is 0. The number of fused-ring (bicyclic) bond motifs is 2. The first-order chi connectivity index (χ1) is 18.1. The van der Waals surface area contributed by atoms with Gasteiger partial charge in [-0.05, 0) is 60.0 Å². The SMILES string of the molecule is [F-].[N-]=[N+]=NCCCNC(=O)COc1ccc(/C=C/c2ccc3n2B(F)[N+]2=C(c4ccc[nH]4)C=CC2=C3)cc1. The molecule has 0 bridgehead atoms. The van der Waals surface area contributed by atoms with Crippen LogP contribution in [0, 0.1) is 0 Å². The van der Waals surface area contributed by atoms with Crippen molar-refractivity contribution in [3.63, 3.8) is 0 Å². The molecule has 0 unspecified atom stereocenters. The third-order valence-corrected chi connectivity index (χ3v) is 6.04. The zero-order valence-electron chi connectivity index (χ0n) is 20.3. The van der Waals surface area contributed by atoms with E-state index < -0.39 is 7.26 Å². The van der Waals surface area contributed by atoms with E-state index >= 15 is 4.32 Å². The number of H-pyrrole nitrogens is 1. The minimum Gasteiger partial charge on any atom is -1.00 e. The van der Waals surface area contributed by atoms with Gasteiger partial charge in [-0.3, -0.25) is 9.27 Å². The normalized spacial score (nSPS) is 13.5. The Morgan fingerprint density at radius 1 is 1.21 bits per heavy atom. The van der Waals surface area contributed by atoms with Crippen molar-refractivity contribution in [3.05, 3.63) is 106 Å². The Labute approximate surface area is 217 Å². The molecule has 0 fully saturated rings. The number of benzene rings is 1. The molecule has 192 valence electrons. The topological polar surface area (TPSA) is 111 Å². The van der Waals surface area contributed by atoms with Gasteiger partial charge in [-0.2, -0.15) is 0 Å². The molecular weight excluding hydrogens is 491 g/mol. The summed E-state index contributed by atoms with van der Waals surface area (Å²) in [6, 6.07) is 14.9. The summed E-state index contributed by atoms with van der Waals surface area (Å²) in [4.78, 5) is 17.7. The summed E-state index contributed by atoms with van der Waals surface area (Å²) in [5, 5.41) is 6.12. The van der Waals surface area contributed by atoms with Crippen LogP contribution in [0.1, 0.15) is 29.1 Å². The average molecular weight is 515 g/mol. The second-order valence-corrected chi connectivity index (χ2v) is 8.45. The molecule has 0 radical (unpaired) electrons. The summed E-state index contributed by atoms with van der Waals surface area (Å²) in [6.07, 6.45) is 12.0. The molecule has 0 spiro atoms. The minimum atomic E-state index is -1.38. The number of carbonyl (C=O) groups excluding carboxylic acids is 1. The Bertz CT molecular complexity index is 1470. The molecular formula is C26H24BF2N7O2. The number of halogens is 2. The van der Waals surface area contributed by atoms with E-state index in [4.69, 9.17) is 10.3 Å². The number of hydrogen-bond donors (Lipinski definition) is 2. The van der Waals surface area contributed by atoms with Crippen molar-refractivity contribution >= 4 is 37.1 Å². The summed E-state index contributed by atoms with van der Waals surface area (Å²) >= 11 is 0. The van der Waals surface area contributed by atoms with Crippen LogP contribution in [0.2, 0.25) is 0 Å². The van der Waals surface area contributed by atoms with Crippen molar-refractivity contribution in [1.29, 1.82) is 0 Å². The molecule has 5 rings (SSSR count). The van der Waals surface area contributed by atoms with Crippen molar-refractivity contribution in [2.75, 3.05) is 19.7 Å². The van der Waals surface area contributed by atoms with E-state index in [1.807, 2.05) is 73.0 Å². The molecule has 9 nitrogen and oxygen atoms in total. The number of azide groups is 1. The van der Waals surface area contributed by atoms with Crippen LogP contribution in [0.4, 0.5) is 4.32 Å². The smallest absolute Gasteiger partial charge is 0.846 e. The number of rotatable bonds is 10. The van der Waals surface area contributed by atoms with Crippen molar-refractivity contribution in [1.82, 2.24) is 14.8 Å². The molecule has 0 aliphatic carbocycles. The van der Waals surface area contributed by atoms with Gasteiger partial charge in [0, 0.05) is 53.8 Å². The number of nitrogens with one attached hydrogen (secondary N) is 2. The fourth-order valence-corrected chi connectivity index (χ4v) is 4.25. The Kier molecular flexibility index (Phi) is 8.25. The van der Waals surface area contributed by atoms with Crippen molar-refractivity contribution in [2.45, 2.75) is 6.42 Å². The number of nitrogens with zero attached hydrogens (tertiary/aromatic N) is 5. The lowest BCUT2D eigenvalue weighted by atomic mass is 9.96. The van der Waals surface area contributed by atoms with Crippen LogP contribution in [0.25, 0.3) is 28.7 Å². The van der Waals surface area contributed by atoms with Crippen LogP contribution in [0.3, 0.4) is 0 Å². The summed E-state index contributed by atoms with van der Waals surface area (Å²) in [5.41, 5.74) is 13.2. The maximum Gasteiger partial charge on any atom is 0.846 e. The number of aromatic nitrogens is 2. The molecule has 2 aromatic heterocycles. The second-order valence-electron chi connectivity index (χ2n) is 8.45. The lowest BCUT2D eigenvalue weighted by molar-refractivity contribution is -0.333. The monoisotopic (exact) mass is 515 g/mol. The summed E-state index contributed by atoms with van der Waals surface area (Å²) in [7, 11) is -1.38. The van der Waals surface area contributed by atoms with Crippen LogP contribution in [-0.2, 0) is 4.79 Å². The first-order valence-corrected chi connectivity index (χ1v) is 11.9. The van der Waals surface area contributed by atoms with Gasteiger partial charge >= 0.3 is 7.26 Å². The molecule has 3 aromatic rings. The predicted molar refractivity (Wildman–Crippen MR) is 141 cm³/mol. The van der Waals surface area contributed by atoms with E-state index in [-0.39, 0.29) is 17.2 Å². The second kappa shape index (κ2) is 11.9. The highest BCUT2D eigenvalue weighted by Gasteiger charge is 2.47. The van der Waals surface area contributed by atoms with E-state index in [1.165, 1.54) is 0 Å². The maximum atomic E-state index is 15.8. The first kappa shape index (κ1) is 26.2. The van der Waals surface area contributed by atoms with Gasteiger partial charge < -0.3 is 19.7 Å². The van der Waals surface area contributed by atoms with Gasteiger partial charge in [0.05, 0.1) is 0 Å². The first-order valence-electron chi connectivity index (χ1n) is 11.9. The van der Waals surface area contributed by atoms with Crippen molar-refractivity contribution < 1.29 is 23.0 Å². The largest absolute Gasteiger partial charge is 1.00 e. The Morgan fingerprint density at radius 3 is 2.82 bits per heavy atom. The molecule has 2 aliphatic heterocycles. The number of aromatic amines is 1. The van der Waals surface area contributed by atoms with E-state index in [2.05, 4.69) is 20.3 Å². The summed E-state index contributed by atoms with van der Waals surface area (Å²) < 4.78 is 24.7. The Morgan fingerprint density at radius 2 is 2.05 bits per heavy atom. The molecule has 2 N–H and O–H groups in total. The van der Waals surface area contributed by atoms with Gasteiger partial charge in [-0.25, -0.2) is 8.80 Å². The van der Waals surface area contributed by atoms with Crippen LogP contribution in [-0.4, -0.2) is 52.5 Å². The third-order valence-electron chi connectivity index (χ3n) is 6.04. The number of ether oxygens (including phenoxy) is 1. The van der Waals surface area contributed by atoms with Crippen molar-refractivity contribution in [2.24, 2.45) is 5.11 Å². The Hall–Kier alpha value is -4.83. The van der Waals surface area contributed by atoms with Gasteiger partial charge in [0.2, 0.25) is 5.71 Å². The van der Waals surface area contributed by atoms with Crippen LogP contribution < -0.4 is 14.8 Å². The quantitative estimate of drug-likeness (QED) is 0.140. The molecule has 1 amide bonds. The summed E-state index contributed by atoms with van der Waals surface area (Å²) in [5.74, 6) is 0.322. The van der Waals surface area contributed by atoms with E-state index in [0.717, 1.165) is 34.1 Å². The maximum absolute atomic E-state index is 15.8. The van der Waals surface area contributed by atoms with E-state index in [0.29, 0.717) is 25.3 Å². The lowest BCUT2D eigenvalue weighted by Gasteiger charge is -2.14. The molecule has 0 saturated heterocycles. The van der Waals surface area contributed by atoms with E-state index in [1.54, 1.807) is 21.1 Å². The third kappa shape index (κ3) is 5.60. The highest BCUT2D eigenvalue weighted by atomic mass is 19.1. The molecule has 2 aliphatic rings. The highest BCUT2D eigenvalue weighted by Crippen LogP contribution is 2.27. The van der Waals surface area contributed by atoms with E-state index in [9.17, 15) is 4.79 Å². The average Bonchev–Trinajstić information content (AvgIpc) is 3.67. The van der Waals surface area contributed by atoms with Gasteiger partial charge in [0.15, 0.2) is 12.3 Å². The molecule has 12 heteroatoms. The number of amides is 1. The Balaban J connectivity index is 0.00000336.